The van der Waals surface area contributed by atoms with Gasteiger partial charge in [0.25, 0.3) is 5.91 Å². The summed E-state index contributed by atoms with van der Waals surface area (Å²) in [6.45, 7) is 6.70. The molecule has 0 aliphatic carbocycles. The average Bonchev–Trinajstić information content (AvgIpc) is 3.72. The number of aromatic nitrogens is 1. The standard InChI is InChI=1S/C32H39N5O4S/c1-19(2)28(37-17-23-8-5-6-9-24(23)31(37)40)32(41)36-15-7-10-26(36)30(39)35-25(16-27(38)33-4)21-11-13-22(14-12-21)29-20(3)34-18-42-29/h5-6,8-9,11-14,18-19,25-28,33,38H,7,10,15-17H2,1-4H3,(H,35,39)/t25?,26-,27?,28?/m0/s1. The maximum absolute atomic E-state index is 14.0. The number of fused-ring (bicyclic) bond motifs is 1. The highest BCUT2D eigenvalue weighted by atomic mass is 32.1. The van der Waals surface area contributed by atoms with E-state index in [2.05, 4.69) is 15.6 Å². The number of thiazole rings is 1. The highest BCUT2D eigenvalue weighted by Gasteiger charge is 2.44. The summed E-state index contributed by atoms with van der Waals surface area (Å²) in [5.74, 6) is -0.717. The third-order valence-corrected chi connectivity index (χ3v) is 9.32. The molecule has 3 N–H and O–H groups in total. The number of nitrogens with one attached hydrogen (secondary N) is 2. The van der Waals surface area contributed by atoms with Gasteiger partial charge in [-0.25, -0.2) is 4.98 Å². The number of rotatable bonds is 10. The smallest absolute Gasteiger partial charge is 0.255 e. The van der Waals surface area contributed by atoms with Crippen LogP contribution in [0, 0.1) is 12.8 Å². The molecule has 0 bridgehead atoms. The van der Waals surface area contributed by atoms with E-state index in [-0.39, 0.29) is 30.1 Å². The van der Waals surface area contributed by atoms with Gasteiger partial charge in [-0.3, -0.25) is 19.7 Å². The predicted octanol–water partition coefficient (Wildman–Crippen LogP) is 3.88. The van der Waals surface area contributed by atoms with Crippen molar-refractivity contribution in [1.82, 2.24) is 25.4 Å². The molecule has 3 unspecified atom stereocenters. The van der Waals surface area contributed by atoms with Crippen molar-refractivity contribution in [2.45, 2.75) is 70.9 Å². The summed E-state index contributed by atoms with van der Waals surface area (Å²) in [6, 6.07) is 13.6. The lowest BCUT2D eigenvalue weighted by Gasteiger charge is -2.35. The number of hydrogen-bond acceptors (Lipinski definition) is 7. The van der Waals surface area contributed by atoms with E-state index in [0.29, 0.717) is 31.5 Å². The van der Waals surface area contributed by atoms with Gasteiger partial charge in [-0.1, -0.05) is 56.3 Å². The van der Waals surface area contributed by atoms with Crippen LogP contribution in [0.25, 0.3) is 10.4 Å². The van der Waals surface area contributed by atoms with Crippen LogP contribution in [0.4, 0.5) is 0 Å². The number of hydrogen-bond donors (Lipinski definition) is 3. The molecule has 42 heavy (non-hydrogen) atoms. The van der Waals surface area contributed by atoms with Gasteiger partial charge in [0.2, 0.25) is 11.8 Å². The summed E-state index contributed by atoms with van der Waals surface area (Å²) < 4.78 is 0. The molecule has 5 rings (SSSR count). The molecule has 3 amide bonds. The van der Waals surface area contributed by atoms with Crippen molar-refractivity contribution in [2.24, 2.45) is 5.92 Å². The van der Waals surface area contributed by atoms with Crippen molar-refractivity contribution in [3.05, 3.63) is 76.4 Å². The molecule has 0 radical (unpaired) electrons. The van der Waals surface area contributed by atoms with Crippen molar-refractivity contribution >= 4 is 29.1 Å². The largest absolute Gasteiger partial charge is 0.379 e. The van der Waals surface area contributed by atoms with E-state index in [1.54, 1.807) is 34.3 Å². The molecule has 2 aliphatic heterocycles. The van der Waals surface area contributed by atoms with Gasteiger partial charge >= 0.3 is 0 Å². The Morgan fingerprint density at radius 3 is 2.52 bits per heavy atom. The summed E-state index contributed by atoms with van der Waals surface area (Å²) in [5.41, 5.74) is 6.24. The number of aliphatic hydroxyl groups is 1. The Kier molecular flexibility index (Phi) is 9.05. The van der Waals surface area contributed by atoms with Gasteiger partial charge in [0.05, 0.1) is 22.1 Å². The Morgan fingerprint density at radius 1 is 1.14 bits per heavy atom. The van der Waals surface area contributed by atoms with E-state index in [1.165, 1.54) is 0 Å². The molecule has 1 saturated heterocycles. The van der Waals surface area contributed by atoms with Crippen LogP contribution in [0.15, 0.2) is 54.0 Å². The highest BCUT2D eigenvalue weighted by molar-refractivity contribution is 7.13. The quantitative estimate of drug-likeness (QED) is 0.310. The van der Waals surface area contributed by atoms with Crippen LogP contribution in [-0.2, 0) is 16.1 Å². The van der Waals surface area contributed by atoms with Gasteiger partial charge in [-0.2, -0.15) is 0 Å². The maximum atomic E-state index is 14.0. The van der Waals surface area contributed by atoms with Crippen LogP contribution in [0.5, 0.6) is 0 Å². The first-order valence-electron chi connectivity index (χ1n) is 14.5. The van der Waals surface area contributed by atoms with Gasteiger partial charge in [-0.05, 0) is 55.5 Å². The lowest BCUT2D eigenvalue weighted by atomic mass is 9.99. The first-order chi connectivity index (χ1) is 20.2. The van der Waals surface area contributed by atoms with E-state index in [4.69, 9.17) is 0 Å². The Labute approximate surface area is 250 Å². The number of amides is 3. The first-order valence-corrected chi connectivity index (χ1v) is 15.4. The van der Waals surface area contributed by atoms with Crippen LogP contribution in [-0.4, -0.2) is 69.5 Å². The van der Waals surface area contributed by atoms with E-state index >= 15 is 0 Å². The number of aryl methyl sites for hydroxylation is 1. The van der Waals surface area contributed by atoms with Crippen molar-refractivity contribution in [3.8, 4) is 10.4 Å². The fourth-order valence-electron chi connectivity index (χ4n) is 6.09. The van der Waals surface area contributed by atoms with Gasteiger partial charge in [-0.15, -0.1) is 11.3 Å². The second-order valence-electron chi connectivity index (χ2n) is 11.5. The van der Waals surface area contributed by atoms with Crippen LogP contribution in [0.1, 0.15) is 66.3 Å². The second kappa shape index (κ2) is 12.7. The Morgan fingerprint density at radius 2 is 1.88 bits per heavy atom. The average molecular weight is 590 g/mol. The Hall–Kier alpha value is -3.60. The van der Waals surface area contributed by atoms with Crippen molar-refractivity contribution < 1.29 is 19.5 Å². The Balaban J connectivity index is 1.34. The molecule has 0 saturated carbocycles. The number of carbonyl (C=O) groups is 3. The molecule has 9 nitrogen and oxygen atoms in total. The predicted molar refractivity (Wildman–Crippen MR) is 163 cm³/mol. The van der Waals surface area contributed by atoms with E-state index in [1.807, 2.05) is 68.7 Å². The third-order valence-electron chi connectivity index (χ3n) is 8.34. The normalized spacial score (nSPS) is 18.7. The fourth-order valence-corrected chi connectivity index (χ4v) is 6.90. The summed E-state index contributed by atoms with van der Waals surface area (Å²) >= 11 is 1.58. The van der Waals surface area contributed by atoms with Gasteiger partial charge in [0.1, 0.15) is 18.3 Å². The zero-order valence-electron chi connectivity index (χ0n) is 24.5. The van der Waals surface area contributed by atoms with Gasteiger partial charge < -0.3 is 20.2 Å². The number of nitrogens with zero attached hydrogens (tertiary/aromatic N) is 3. The monoisotopic (exact) mass is 589 g/mol. The van der Waals surface area contributed by atoms with Gasteiger partial charge in [0, 0.05) is 25.1 Å². The molecule has 0 spiro atoms. The molecule has 2 aliphatic rings. The van der Waals surface area contributed by atoms with Crippen LogP contribution < -0.4 is 10.6 Å². The molecule has 222 valence electrons. The lowest BCUT2D eigenvalue weighted by Crippen LogP contribution is -2.55. The molecule has 4 atom stereocenters. The van der Waals surface area contributed by atoms with Gasteiger partial charge in [0.15, 0.2) is 0 Å². The Bertz CT molecular complexity index is 1440. The van der Waals surface area contributed by atoms with Crippen LogP contribution >= 0.6 is 11.3 Å². The molecule has 1 aromatic heterocycles. The topological polar surface area (TPSA) is 115 Å². The van der Waals surface area contributed by atoms with Crippen LogP contribution in [0.3, 0.4) is 0 Å². The summed E-state index contributed by atoms with van der Waals surface area (Å²) in [4.78, 5) is 49.8. The lowest BCUT2D eigenvalue weighted by molar-refractivity contribution is -0.143. The van der Waals surface area contributed by atoms with E-state index in [9.17, 15) is 19.5 Å². The number of benzene rings is 2. The van der Waals surface area contributed by atoms with E-state index in [0.717, 1.165) is 27.3 Å². The highest BCUT2D eigenvalue weighted by Crippen LogP contribution is 2.32. The van der Waals surface area contributed by atoms with Crippen molar-refractivity contribution in [3.63, 3.8) is 0 Å². The van der Waals surface area contributed by atoms with E-state index < -0.39 is 24.4 Å². The summed E-state index contributed by atoms with van der Waals surface area (Å²) in [6.07, 6.45) is 0.682. The molecule has 3 aromatic rings. The molecular weight excluding hydrogens is 550 g/mol. The minimum Gasteiger partial charge on any atom is -0.379 e. The molecule has 10 heteroatoms. The third kappa shape index (κ3) is 5.97. The zero-order chi connectivity index (χ0) is 30.0. The molecular formula is C32H39N5O4S. The number of aliphatic hydroxyl groups excluding tert-OH is 1. The molecule has 3 heterocycles. The fraction of sp³-hybridized carbons (Fsp3) is 0.438. The minimum absolute atomic E-state index is 0.126. The van der Waals surface area contributed by atoms with Crippen LogP contribution in [0.2, 0.25) is 0 Å². The molecule has 2 aromatic carbocycles. The minimum atomic E-state index is -0.826. The zero-order valence-corrected chi connectivity index (χ0v) is 25.4. The van der Waals surface area contributed by atoms with Crippen molar-refractivity contribution in [1.29, 1.82) is 0 Å². The summed E-state index contributed by atoms with van der Waals surface area (Å²) in [5, 5.41) is 16.4. The second-order valence-corrected chi connectivity index (χ2v) is 12.3. The number of carbonyl (C=O) groups excluding carboxylic acids is 3. The number of likely N-dealkylation sites (tertiary alicyclic amines) is 1. The maximum Gasteiger partial charge on any atom is 0.255 e. The van der Waals surface area contributed by atoms with Crippen molar-refractivity contribution in [2.75, 3.05) is 13.6 Å². The SMILES string of the molecule is CNC(O)CC(NC(=O)[C@@H]1CCCN1C(=O)C(C(C)C)N1Cc2ccccc2C1=O)c1ccc(-c2scnc2C)cc1. The first kappa shape index (κ1) is 29.9. The molecule has 1 fully saturated rings. The summed E-state index contributed by atoms with van der Waals surface area (Å²) in [7, 11) is 1.67.